The van der Waals surface area contributed by atoms with Gasteiger partial charge in [0.15, 0.2) is 0 Å². The van der Waals surface area contributed by atoms with Crippen LogP contribution in [-0.4, -0.2) is 37.6 Å². The molecule has 0 aromatic rings. The fourth-order valence-corrected chi connectivity index (χ4v) is 0.916. The maximum Gasteiger partial charge on any atom is 0.342 e. The second-order valence-corrected chi connectivity index (χ2v) is 4.51. The Hall–Kier alpha value is -1.17. The second-order valence-electron chi connectivity index (χ2n) is 2.52. The molecule has 0 amide bonds. The van der Waals surface area contributed by atoms with Crippen molar-refractivity contribution in [2.24, 2.45) is 0 Å². The fraction of sp³-hybridized carbons (Fsp3) is 0.333. The van der Waals surface area contributed by atoms with Gasteiger partial charge in [-0.25, -0.2) is 9.59 Å². The minimum Gasteiger partial charge on any atom is -0.477 e. The first-order chi connectivity index (χ1) is 6.16. The van der Waals surface area contributed by atoms with Crippen molar-refractivity contribution in [3.63, 3.8) is 0 Å². The first-order valence-electron chi connectivity index (χ1n) is 3.40. The molecule has 14 heavy (non-hydrogen) atoms. The van der Waals surface area contributed by atoms with E-state index in [-0.39, 0.29) is 0 Å². The van der Waals surface area contributed by atoms with Crippen LogP contribution in [0, 0.1) is 0 Å². The maximum absolute atomic E-state index is 10.6. The predicted molar refractivity (Wildman–Crippen MR) is 44.9 cm³/mol. The summed E-state index contributed by atoms with van der Waals surface area (Å²) in [5, 5.41) is 16.7. The highest BCUT2D eigenvalue weighted by Crippen LogP contribution is 2.41. The van der Waals surface area contributed by atoms with Crippen LogP contribution in [0.4, 0.5) is 0 Å². The third kappa shape index (κ3) is 3.69. The quantitative estimate of drug-likeness (QED) is 0.222. The Morgan fingerprint density at radius 2 is 1.57 bits per heavy atom. The van der Waals surface area contributed by atoms with E-state index in [2.05, 4.69) is 0 Å². The highest BCUT2D eigenvalue weighted by molar-refractivity contribution is 7.52. The SMILES string of the molecule is CC(C=C(C(=O)O)C(=O)O)P(=O)(O)O. The molecule has 0 rings (SSSR count). The van der Waals surface area contributed by atoms with Crippen molar-refractivity contribution >= 4 is 19.5 Å². The molecule has 1 atom stereocenters. The molecular weight excluding hydrogens is 215 g/mol. The summed E-state index contributed by atoms with van der Waals surface area (Å²) < 4.78 is 10.6. The Morgan fingerprint density at radius 3 is 1.79 bits per heavy atom. The Bertz CT molecular complexity index is 309. The summed E-state index contributed by atoms with van der Waals surface area (Å²) in [6, 6.07) is 0. The molecular formula is C6H9O7P. The highest BCUT2D eigenvalue weighted by atomic mass is 31.2. The molecule has 0 aliphatic heterocycles. The molecule has 0 saturated carbocycles. The summed E-state index contributed by atoms with van der Waals surface area (Å²) in [5.74, 6) is -3.48. The molecule has 0 aliphatic rings. The number of carbonyl (C=O) groups is 2. The molecule has 4 N–H and O–H groups in total. The van der Waals surface area contributed by atoms with E-state index in [0.717, 1.165) is 6.92 Å². The van der Waals surface area contributed by atoms with Crippen LogP contribution in [-0.2, 0) is 14.2 Å². The topological polar surface area (TPSA) is 132 Å². The van der Waals surface area contributed by atoms with E-state index in [1.807, 2.05) is 0 Å². The van der Waals surface area contributed by atoms with Crippen molar-refractivity contribution in [3.05, 3.63) is 11.6 Å². The molecule has 8 heteroatoms. The minimum absolute atomic E-state index is 0.519. The smallest absolute Gasteiger partial charge is 0.342 e. The lowest BCUT2D eigenvalue weighted by Crippen LogP contribution is -2.14. The third-order valence-corrected chi connectivity index (χ3v) is 2.61. The second kappa shape index (κ2) is 4.36. The third-order valence-electron chi connectivity index (χ3n) is 1.40. The van der Waals surface area contributed by atoms with Gasteiger partial charge in [0.25, 0.3) is 0 Å². The van der Waals surface area contributed by atoms with Gasteiger partial charge in [0.1, 0.15) is 5.57 Å². The van der Waals surface area contributed by atoms with Crippen LogP contribution in [0.25, 0.3) is 0 Å². The molecule has 0 saturated heterocycles. The van der Waals surface area contributed by atoms with Crippen molar-refractivity contribution in [3.8, 4) is 0 Å². The Kier molecular flexibility index (Phi) is 4.00. The molecule has 7 nitrogen and oxygen atoms in total. The van der Waals surface area contributed by atoms with E-state index < -0.39 is 30.8 Å². The van der Waals surface area contributed by atoms with Gasteiger partial charge in [-0.15, -0.1) is 0 Å². The van der Waals surface area contributed by atoms with Crippen molar-refractivity contribution in [2.75, 3.05) is 0 Å². The Balaban J connectivity index is 5.04. The van der Waals surface area contributed by atoms with Crippen molar-refractivity contribution in [2.45, 2.75) is 12.6 Å². The molecule has 0 heterocycles. The van der Waals surface area contributed by atoms with Gasteiger partial charge in [0.2, 0.25) is 0 Å². The number of allylic oxidation sites excluding steroid dienone is 1. The lowest BCUT2D eigenvalue weighted by molar-refractivity contribution is -0.140. The van der Waals surface area contributed by atoms with Crippen LogP contribution in [0.3, 0.4) is 0 Å². The first kappa shape index (κ1) is 12.8. The molecule has 0 fully saturated rings. The zero-order valence-electron chi connectivity index (χ0n) is 7.12. The highest BCUT2D eigenvalue weighted by Gasteiger charge is 2.26. The van der Waals surface area contributed by atoms with Gasteiger partial charge >= 0.3 is 19.5 Å². The van der Waals surface area contributed by atoms with Gasteiger partial charge in [-0.1, -0.05) is 0 Å². The maximum atomic E-state index is 10.6. The normalized spacial score (nSPS) is 13.1. The van der Waals surface area contributed by atoms with Gasteiger partial charge in [0, 0.05) is 0 Å². The summed E-state index contributed by atoms with van der Waals surface area (Å²) >= 11 is 0. The van der Waals surface area contributed by atoms with Crippen molar-refractivity contribution in [1.82, 2.24) is 0 Å². The molecule has 0 aromatic heterocycles. The minimum atomic E-state index is -4.49. The summed E-state index contributed by atoms with van der Waals surface area (Å²) in [5.41, 5.74) is -2.49. The van der Waals surface area contributed by atoms with E-state index in [0.29, 0.717) is 6.08 Å². The Labute approximate surface area is 78.8 Å². The molecule has 80 valence electrons. The van der Waals surface area contributed by atoms with E-state index in [4.69, 9.17) is 20.0 Å². The van der Waals surface area contributed by atoms with Gasteiger partial charge in [0.05, 0.1) is 5.66 Å². The van der Waals surface area contributed by atoms with Crippen LogP contribution >= 0.6 is 7.60 Å². The van der Waals surface area contributed by atoms with Crippen LogP contribution in [0.1, 0.15) is 6.92 Å². The number of hydrogen-bond acceptors (Lipinski definition) is 3. The standard InChI is InChI=1S/C6H9O7P/c1-3(14(11,12)13)2-4(5(7)8)6(9)10/h2-3H,1H3,(H,7,8)(H,9,10)(H2,11,12,13). The number of carboxylic acid groups (broad SMARTS) is 2. The van der Waals surface area contributed by atoms with E-state index in [1.165, 1.54) is 0 Å². The average molecular weight is 224 g/mol. The molecule has 0 radical (unpaired) electrons. The van der Waals surface area contributed by atoms with E-state index in [9.17, 15) is 14.2 Å². The monoisotopic (exact) mass is 224 g/mol. The van der Waals surface area contributed by atoms with Crippen molar-refractivity contribution < 1.29 is 34.2 Å². The van der Waals surface area contributed by atoms with Crippen LogP contribution in [0.5, 0.6) is 0 Å². The number of carboxylic acids is 2. The van der Waals surface area contributed by atoms with Gasteiger partial charge in [-0.3, -0.25) is 4.57 Å². The molecule has 0 aliphatic carbocycles. The molecule has 0 spiro atoms. The number of hydrogen-bond donors (Lipinski definition) is 4. The molecule has 0 aromatic carbocycles. The van der Waals surface area contributed by atoms with Crippen LogP contribution in [0.15, 0.2) is 11.6 Å². The first-order valence-corrected chi connectivity index (χ1v) is 5.08. The largest absolute Gasteiger partial charge is 0.477 e. The average Bonchev–Trinajstić information content (AvgIpc) is 1.96. The zero-order chi connectivity index (χ0) is 11.5. The molecule has 1 unspecified atom stereocenters. The summed E-state index contributed by atoms with van der Waals surface area (Å²) in [6.07, 6.45) is 0.519. The summed E-state index contributed by atoms with van der Waals surface area (Å²) in [6.45, 7) is 1.03. The lowest BCUT2D eigenvalue weighted by atomic mass is 10.2. The van der Waals surface area contributed by atoms with Crippen LogP contribution in [0.2, 0.25) is 0 Å². The zero-order valence-corrected chi connectivity index (χ0v) is 8.01. The number of rotatable bonds is 4. The summed E-state index contributed by atoms with van der Waals surface area (Å²) in [7, 11) is -4.49. The van der Waals surface area contributed by atoms with Gasteiger partial charge in [-0.2, -0.15) is 0 Å². The number of aliphatic carboxylic acids is 2. The van der Waals surface area contributed by atoms with Crippen LogP contribution < -0.4 is 0 Å². The predicted octanol–water partition coefficient (Wildman–Crippen LogP) is -0.352. The molecule has 0 bridgehead atoms. The lowest BCUT2D eigenvalue weighted by Gasteiger charge is -2.08. The van der Waals surface area contributed by atoms with E-state index in [1.54, 1.807) is 0 Å². The van der Waals surface area contributed by atoms with Crippen molar-refractivity contribution in [1.29, 1.82) is 0 Å². The van der Waals surface area contributed by atoms with Gasteiger partial charge < -0.3 is 20.0 Å². The summed E-state index contributed by atoms with van der Waals surface area (Å²) in [4.78, 5) is 37.8. The van der Waals surface area contributed by atoms with E-state index >= 15 is 0 Å². The Morgan fingerprint density at radius 1 is 1.21 bits per heavy atom. The fourth-order valence-electron chi connectivity index (χ4n) is 0.572. The van der Waals surface area contributed by atoms with Gasteiger partial charge in [-0.05, 0) is 13.0 Å².